The molecule has 0 aromatic carbocycles. The molecule has 6 heteroatoms. The van der Waals surface area contributed by atoms with Gasteiger partial charge in [-0.15, -0.1) is 0 Å². The van der Waals surface area contributed by atoms with Crippen molar-refractivity contribution in [3.63, 3.8) is 0 Å². The Morgan fingerprint density at radius 3 is 2.75 bits per heavy atom. The average Bonchev–Trinajstić information content (AvgIpc) is 2.26. The van der Waals surface area contributed by atoms with Gasteiger partial charge in [-0.3, -0.25) is 4.79 Å². The first-order valence-electron chi connectivity index (χ1n) is 3.36. The van der Waals surface area contributed by atoms with Crippen LogP contribution in [0.1, 0.15) is 6.42 Å². The van der Waals surface area contributed by atoms with Crippen molar-refractivity contribution < 1.29 is 19.4 Å². The van der Waals surface area contributed by atoms with Crippen LogP contribution in [0.2, 0.25) is 0 Å². The molecule has 2 fully saturated rings. The Hall–Kier alpha value is 0.536. The van der Waals surface area contributed by atoms with E-state index in [1.807, 2.05) is 0 Å². The number of hydrogen-bond donors (Lipinski definition) is 1. The van der Waals surface area contributed by atoms with Gasteiger partial charge in [-0.2, -0.15) is 0 Å². The van der Waals surface area contributed by atoms with Gasteiger partial charge in [0, 0.05) is 51.4 Å². The van der Waals surface area contributed by atoms with Crippen molar-refractivity contribution in [1.82, 2.24) is 4.90 Å². The summed E-state index contributed by atoms with van der Waals surface area (Å²) in [5.41, 5.74) is 0. The van der Waals surface area contributed by atoms with Gasteiger partial charge in [-0.1, -0.05) is 0 Å². The summed E-state index contributed by atoms with van der Waals surface area (Å²) in [4.78, 5) is 22.5. The number of β-lactam (4-membered cyclic amide) rings is 1. The van der Waals surface area contributed by atoms with E-state index in [1.54, 1.807) is 0 Å². The Morgan fingerprint density at radius 2 is 2.33 bits per heavy atom. The number of carbonyl (C=O) groups excluding carboxylic acids is 1. The summed E-state index contributed by atoms with van der Waals surface area (Å²) in [7, 11) is 0. The number of carboxylic acid groups (broad SMARTS) is 1. The molecule has 2 saturated heterocycles. The smallest absolute Gasteiger partial charge is 0.334 e. The number of carboxylic acids is 1. The zero-order valence-corrected chi connectivity index (χ0v) is 9.81. The standard InChI is InChI=1S/C6H7NO4.K/c8-4-1-5-7(4)2-3(11-5)6(9)10;/h3,5H,1-2H2,(H,9,10);/t3-,5+;/m1./s1. The maximum absolute atomic E-state index is 10.7. The largest absolute Gasteiger partial charge is 0.479 e. The Morgan fingerprint density at radius 1 is 1.67 bits per heavy atom. The number of aliphatic carboxylic acids is 1. The molecule has 0 saturated carbocycles. The first-order valence-corrected chi connectivity index (χ1v) is 3.36. The Bertz CT molecular complexity index is 232. The van der Waals surface area contributed by atoms with Crippen LogP contribution in [0.5, 0.6) is 0 Å². The van der Waals surface area contributed by atoms with Crippen LogP contribution in [-0.2, 0) is 14.3 Å². The molecule has 0 spiro atoms. The van der Waals surface area contributed by atoms with Gasteiger partial charge in [0.15, 0.2) is 6.10 Å². The first-order chi connectivity index (χ1) is 5.18. The third-order valence-corrected chi connectivity index (χ3v) is 1.98. The summed E-state index contributed by atoms with van der Waals surface area (Å²) in [6.45, 7) is 0.207. The second-order valence-corrected chi connectivity index (χ2v) is 2.67. The SMILES string of the molecule is O=C(O)[C@H]1CN2C(=O)C[C@@H]2O1.[K]. The van der Waals surface area contributed by atoms with E-state index in [0.717, 1.165) is 0 Å². The minimum absolute atomic E-state index is 0. The predicted octanol–water partition coefficient (Wildman–Crippen LogP) is -1.35. The average molecular weight is 196 g/mol. The van der Waals surface area contributed by atoms with Gasteiger partial charge in [0.05, 0.1) is 13.0 Å². The topological polar surface area (TPSA) is 66.8 Å². The molecule has 0 aromatic heterocycles. The molecular weight excluding hydrogens is 189 g/mol. The van der Waals surface area contributed by atoms with E-state index in [0.29, 0.717) is 6.42 Å². The van der Waals surface area contributed by atoms with Crippen molar-refractivity contribution in [2.75, 3.05) is 6.54 Å². The molecule has 2 rings (SSSR count). The van der Waals surface area contributed by atoms with E-state index in [9.17, 15) is 9.59 Å². The molecule has 2 aliphatic rings. The number of rotatable bonds is 1. The van der Waals surface area contributed by atoms with Gasteiger partial charge in [0.25, 0.3) is 0 Å². The molecule has 0 bridgehead atoms. The summed E-state index contributed by atoms with van der Waals surface area (Å²) < 4.78 is 5.00. The summed E-state index contributed by atoms with van der Waals surface area (Å²) in [5.74, 6) is -1.01. The minimum Gasteiger partial charge on any atom is -0.479 e. The molecular formula is C6H7KNO4. The maximum atomic E-state index is 10.7. The van der Waals surface area contributed by atoms with E-state index < -0.39 is 12.1 Å². The molecule has 1 N–H and O–H groups in total. The molecule has 12 heavy (non-hydrogen) atoms. The Labute approximate surface area is 111 Å². The van der Waals surface area contributed by atoms with Crippen LogP contribution < -0.4 is 0 Å². The van der Waals surface area contributed by atoms with E-state index in [2.05, 4.69) is 0 Å². The third-order valence-electron chi connectivity index (χ3n) is 1.98. The molecule has 2 atom stereocenters. The van der Waals surface area contributed by atoms with E-state index >= 15 is 0 Å². The van der Waals surface area contributed by atoms with Crippen LogP contribution in [0.3, 0.4) is 0 Å². The fourth-order valence-electron chi connectivity index (χ4n) is 1.31. The van der Waals surface area contributed by atoms with Crippen molar-refractivity contribution in [2.24, 2.45) is 0 Å². The van der Waals surface area contributed by atoms with E-state index in [1.165, 1.54) is 4.90 Å². The summed E-state index contributed by atoms with van der Waals surface area (Å²) >= 11 is 0. The zero-order valence-electron chi connectivity index (χ0n) is 6.69. The van der Waals surface area contributed by atoms with Gasteiger partial charge in [-0.25, -0.2) is 4.79 Å². The number of amides is 1. The number of carbonyl (C=O) groups is 2. The summed E-state index contributed by atoms with van der Waals surface area (Å²) in [6.07, 6.45) is -0.737. The van der Waals surface area contributed by atoms with Crippen molar-refractivity contribution in [1.29, 1.82) is 0 Å². The Kier molecular flexibility index (Phi) is 3.30. The van der Waals surface area contributed by atoms with Crippen LogP contribution in [-0.4, -0.2) is 92.1 Å². The monoisotopic (exact) mass is 196 g/mol. The molecule has 0 aromatic rings. The van der Waals surface area contributed by atoms with Crippen molar-refractivity contribution in [3.05, 3.63) is 0 Å². The second kappa shape index (κ2) is 3.73. The van der Waals surface area contributed by atoms with Gasteiger partial charge >= 0.3 is 5.97 Å². The number of ether oxygens (including phenoxy) is 1. The van der Waals surface area contributed by atoms with E-state index in [4.69, 9.17) is 9.84 Å². The number of hydrogen-bond acceptors (Lipinski definition) is 3. The predicted molar refractivity (Wildman–Crippen MR) is 38.4 cm³/mol. The van der Waals surface area contributed by atoms with Gasteiger partial charge < -0.3 is 14.7 Å². The maximum Gasteiger partial charge on any atom is 0.334 e. The fourth-order valence-corrected chi connectivity index (χ4v) is 1.31. The second-order valence-electron chi connectivity index (χ2n) is 2.67. The molecule has 1 amide bonds. The van der Waals surface area contributed by atoms with Crippen LogP contribution in [0, 0.1) is 0 Å². The molecule has 2 heterocycles. The Balaban J connectivity index is 0.000000720. The van der Waals surface area contributed by atoms with Crippen molar-refractivity contribution in [2.45, 2.75) is 18.8 Å². The number of nitrogens with zero attached hydrogens (tertiary/aromatic N) is 1. The van der Waals surface area contributed by atoms with Gasteiger partial charge in [0.1, 0.15) is 6.23 Å². The normalized spacial score (nSPS) is 32.0. The summed E-state index contributed by atoms with van der Waals surface area (Å²) in [6, 6.07) is 0. The molecule has 0 aliphatic carbocycles. The van der Waals surface area contributed by atoms with Crippen LogP contribution >= 0.6 is 0 Å². The van der Waals surface area contributed by atoms with Crippen molar-refractivity contribution >= 4 is 63.3 Å². The van der Waals surface area contributed by atoms with Gasteiger partial charge in [-0.05, 0) is 0 Å². The molecule has 1 radical (unpaired) electrons. The van der Waals surface area contributed by atoms with Crippen LogP contribution in [0.15, 0.2) is 0 Å². The third kappa shape index (κ3) is 1.59. The van der Waals surface area contributed by atoms with Crippen LogP contribution in [0.25, 0.3) is 0 Å². The summed E-state index contributed by atoms with van der Waals surface area (Å²) in [5, 5.41) is 8.50. The zero-order chi connectivity index (χ0) is 8.01. The minimum atomic E-state index is -0.993. The molecule has 5 nitrogen and oxygen atoms in total. The van der Waals surface area contributed by atoms with Crippen LogP contribution in [0.4, 0.5) is 0 Å². The molecule has 61 valence electrons. The molecule has 0 unspecified atom stereocenters. The quantitative estimate of drug-likeness (QED) is 0.416. The van der Waals surface area contributed by atoms with Crippen molar-refractivity contribution in [3.8, 4) is 0 Å². The van der Waals surface area contributed by atoms with Gasteiger partial charge in [0.2, 0.25) is 5.91 Å². The first kappa shape index (κ1) is 10.6. The van der Waals surface area contributed by atoms with E-state index in [-0.39, 0.29) is 70.1 Å². The fraction of sp³-hybridized carbons (Fsp3) is 0.667. The number of fused-ring (bicyclic) bond motifs is 1. The molecule has 2 aliphatic heterocycles.